The maximum atomic E-state index is 13.9. The summed E-state index contributed by atoms with van der Waals surface area (Å²) in [6, 6.07) is 5.81. The number of thioether (sulfide) groups is 1. The second-order valence-corrected chi connectivity index (χ2v) is 14.2. The Morgan fingerprint density at radius 3 is 2.37 bits per heavy atom. The first-order valence-electron chi connectivity index (χ1n) is 15.2. The maximum Gasteiger partial charge on any atom is 0.279 e. The Morgan fingerprint density at radius 2 is 1.71 bits per heavy atom. The summed E-state index contributed by atoms with van der Waals surface area (Å²) in [5, 5.41) is 0. The molecule has 0 saturated carbocycles. The van der Waals surface area contributed by atoms with Gasteiger partial charge in [0.25, 0.3) is 11.5 Å². The van der Waals surface area contributed by atoms with Crippen molar-refractivity contribution in [3.63, 3.8) is 0 Å². The number of fused-ring (bicyclic) bond motifs is 4. The van der Waals surface area contributed by atoms with Crippen LogP contribution < -0.4 is 5.56 Å². The summed E-state index contributed by atoms with van der Waals surface area (Å²) in [5.74, 6) is 1.73. The van der Waals surface area contributed by atoms with E-state index in [2.05, 4.69) is 42.1 Å². The van der Waals surface area contributed by atoms with Crippen molar-refractivity contribution in [3.05, 3.63) is 34.1 Å². The fourth-order valence-corrected chi connectivity index (χ4v) is 7.11. The normalized spacial score (nSPS) is 14.8. The molecule has 3 aromatic heterocycles. The highest BCUT2D eigenvalue weighted by Crippen LogP contribution is 2.28. The molecule has 8 nitrogen and oxygen atoms in total. The van der Waals surface area contributed by atoms with Crippen LogP contribution in [0.4, 0.5) is 0 Å². The van der Waals surface area contributed by atoms with Crippen molar-refractivity contribution in [3.8, 4) is 0 Å². The zero-order chi connectivity index (χ0) is 29.1. The number of amides is 1. The minimum atomic E-state index is -0.0860. The van der Waals surface area contributed by atoms with Crippen molar-refractivity contribution in [1.82, 2.24) is 28.7 Å². The third kappa shape index (κ3) is 6.65. The number of hydrogen-bond acceptors (Lipinski definition) is 7. The van der Waals surface area contributed by atoms with Gasteiger partial charge in [-0.1, -0.05) is 45.9 Å². The van der Waals surface area contributed by atoms with E-state index in [9.17, 15) is 9.59 Å². The van der Waals surface area contributed by atoms with Gasteiger partial charge in [0.15, 0.2) is 9.99 Å². The third-order valence-corrected chi connectivity index (χ3v) is 10.1. The quantitative estimate of drug-likeness (QED) is 0.176. The van der Waals surface area contributed by atoms with Gasteiger partial charge in [0.05, 0.1) is 11.0 Å². The van der Waals surface area contributed by atoms with E-state index >= 15 is 0 Å². The zero-order valence-corrected chi connectivity index (χ0v) is 26.8. The first-order chi connectivity index (χ1) is 19.8. The Morgan fingerprint density at radius 1 is 1.00 bits per heavy atom. The molecule has 0 unspecified atom stereocenters. The van der Waals surface area contributed by atoms with Gasteiger partial charge >= 0.3 is 0 Å². The van der Waals surface area contributed by atoms with E-state index in [1.54, 1.807) is 4.40 Å². The molecule has 1 saturated heterocycles. The molecule has 1 aromatic carbocycles. The average molecular weight is 597 g/mol. The lowest BCUT2D eigenvalue weighted by atomic mass is 10.1. The number of piperidine rings is 1. The van der Waals surface area contributed by atoms with E-state index < -0.39 is 0 Å². The number of aromatic nitrogens is 4. The Labute approximate surface area is 251 Å². The maximum absolute atomic E-state index is 13.9. The van der Waals surface area contributed by atoms with Crippen LogP contribution in [0.15, 0.2) is 27.3 Å². The van der Waals surface area contributed by atoms with Crippen LogP contribution in [-0.4, -0.2) is 73.6 Å². The molecule has 222 valence electrons. The predicted molar refractivity (Wildman–Crippen MR) is 172 cm³/mol. The Hall–Kier alpha value is -2.43. The molecule has 10 heteroatoms. The van der Waals surface area contributed by atoms with Crippen molar-refractivity contribution in [1.29, 1.82) is 0 Å². The molecule has 0 aliphatic carbocycles. The van der Waals surface area contributed by atoms with Crippen LogP contribution in [0.2, 0.25) is 0 Å². The lowest BCUT2D eigenvalue weighted by Crippen LogP contribution is -2.34. The van der Waals surface area contributed by atoms with Crippen molar-refractivity contribution < 1.29 is 4.79 Å². The highest BCUT2D eigenvalue weighted by atomic mass is 32.2. The number of imidazole rings is 1. The van der Waals surface area contributed by atoms with Gasteiger partial charge in [0, 0.05) is 25.2 Å². The average Bonchev–Trinajstić information content (AvgIpc) is 3.52. The largest absolute Gasteiger partial charge is 0.339 e. The van der Waals surface area contributed by atoms with Gasteiger partial charge in [-0.15, -0.1) is 11.3 Å². The number of carbonyl (C=O) groups is 1. The Balaban J connectivity index is 1.56. The Bertz CT molecular complexity index is 1550. The molecular formula is C31H44N6O2S2. The number of rotatable bonds is 12. The second-order valence-electron chi connectivity index (χ2n) is 12.2. The van der Waals surface area contributed by atoms with Gasteiger partial charge < -0.3 is 14.4 Å². The number of thiazole rings is 1. The van der Waals surface area contributed by atoms with Crippen molar-refractivity contribution >= 4 is 56.2 Å². The molecular weight excluding hydrogens is 553 g/mol. The summed E-state index contributed by atoms with van der Waals surface area (Å²) < 4.78 is 5.29. The molecule has 0 radical (unpaired) electrons. The molecule has 0 bridgehead atoms. The van der Waals surface area contributed by atoms with Crippen LogP contribution >= 0.6 is 23.1 Å². The molecule has 1 amide bonds. The van der Waals surface area contributed by atoms with Crippen LogP contribution in [-0.2, 0) is 6.54 Å². The fourth-order valence-electron chi connectivity index (χ4n) is 5.68. The number of aryl methyl sites for hydroxylation is 1. The van der Waals surface area contributed by atoms with Crippen LogP contribution in [0.3, 0.4) is 0 Å². The van der Waals surface area contributed by atoms with Gasteiger partial charge in [0.1, 0.15) is 4.70 Å². The third-order valence-electron chi connectivity index (χ3n) is 8.11. The topological polar surface area (TPSA) is 75.7 Å². The number of nitrogens with zero attached hydrogens (tertiary/aromatic N) is 6. The van der Waals surface area contributed by atoms with Gasteiger partial charge in [-0.3, -0.25) is 9.59 Å². The molecule has 1 fully saturated rings. The summed E-state index contributed by atoms with van der Waals surface area (Å²) >= 11 is 2.93. The SMILES string of the molecule is CSc1nc2nc3n(CCCN4CCCCC4)c4cc(C(=O)N(CCC(C)C)CCC(C)C)ccc4n3c(=O)c2s1. The van der Waals surface area contributed by atoms with Gasteiger partial charge in [-0.25, -0.2) is 9.38 Å². The molecule has 41 heavy (non-hydrogen) atoms. The standard InChI is InChI=1S/C31H44N6O2S2/c1-21(2)12-18-35(19-13-22(3)4)28(38)23-10-11-24-25(20-23)36(17-9-16-34-14-7-6-8-15-34)30-32-27-26(29(39)37(24)30)41-31(33-27)40-5/h10-11,20-22H,6-9,12-19H2,1-5H3. The van der Waals surface area contributed by atoms with Crippen LogP contribution in [0, 0.1) is 11.8 Å². The van der Waals surface area contributed by atoms with Gasteiger partial charge in [0.2, 0.25) is 5.78 Å². The van der Waals surface area contributed by atoms with Crippen molar-refractivity contribution in [2.75, 3.05) is 39.0 Å². The summed E-state index contributed by atoms with van der Waals surface area (Å²) in [7, 11) is 0. The van der Waals surface area contributed by atoms with E-state index in [1.807, 2.05) is 29.4 Å². The highest BCUT2D eigenvalue weighted by molar-refractivity contribution is 8.00. The van der Waals surface area contributed by atoms with Crippen LogP contribution in [0.5, 0.6) is 0 Å². The summed E-state index contributed by atoms with van der Waals surface area (Å²) in [6.45, 7) is 14.4. The van der Waals surface area contributed by atoms with Crippen LogP contribution in [0.1, 0.15) is 76.6 Å². The Kier molecular flexibility index (Phi) is 9.71. The fraction of sp³-hybridized carbons (Fsp3) is 0.613. The summed E-state index contributed by atoms with van der Waals surface area (Å²) in [6.07, 6.45) is 8.72. The first kappa shape index (κ1) is 30.0. The summed E-state index contributed by atoms with van der Waals surface area (Å²) in [5.41, 5.74) is 2.77. The molecule has 0 N–H and O–H groups in total. The minimum absolute atomic E-state index is 0.0610. The van der Waals surface area contributed by atoms with Crippen LogP contribution in [0.25, 0.3) is 27.2 Å². The molecule has 1 aliphatic heterocycles. The summed E-state index contributed by atoms with van der Waals surface area (Å²) in [4.78, 5) is 41.7. The minimum Gasteiger partial charge on any atom is -0.339 e. The zero-order valence-electron chi connectivity index (χ0n) is 25.2. The number of benzene rings is 1. The lowest BCUT2D eigenvalue weighted by molar-refractivity contribution is 0.0741. The first-order valence-corrected chi connectivity index (χ1v) is 17.2. The molecule has 1 aliphatic rings. The number of hydrogen-bond donors (Lipinski definition) is 0. The van der Waals surface area contributed by atoms with E-state index in [0.29, 0.717) is 33.5 Å². The van der Waals surface area contributed by atoms with Gasteiger partial charge in [-0.2, -0.15) is 4.98 Å². The van der Waals surface area contributed by atoms with E-state index in [1.165, 1.54) is 42.4 Å². The number of carbonyl (C=O) groups excluding carboxylic acids is 1. The monoisotopic (exact) mass is 596 g/mol. The van der Waals surface area contributed by atoms with Crippen molar-refractivity contribution in [2.24, 2.45) is 11.8 Å². The molecule has 4 heterocycles. The smallest absolute Gasteiger partial charge is 0.279 e. The van der Waals surface area contributed by atoms with Gasteiger partial charge in [-0.05, 0) is 88.0 Å². The molecule has 4 aromatic rings. The van der Waals surface area contributed by atoms with E-state index in [-0.39, 0.29) is 11.5 Å². The van der Waals surface area contributed by atoms with E-state index in [0.717, 1.165) is 73.9 Å². The highest BCUT2D eigenvalue weighted by Gasteiger charge is 2.22. The molecule has 5 rings (SSSR count). The molecule has 0 spiro atoms. The second kappa shape index (κ2) is 13.3. The van der Waals surface area contributed by atoms with Crippen molar-refractivity contribution in [2.45, 2.75) is 77.1 Å². The lowest BCUT2D eigenvalue weighted by Gasteiger charge is -2.26. The predicted octanol–water partition coefficient (Wildman–Crippen LogP) is 6.39. The van der Waals surface area contributed by atoms with E-state index in [4.69, 9.17) is 4.98 Å². The number of likely N-dealkylation sites (tertiary alicyclic amines) is 1. The molecule has 0 atom stereocenters.